The van der Waals surface area contributed by atoms with Crippen molar-refractivity contribution in [1.82, 2.24) is 0 Å². The van der Waals surface area contributed by atoms with Gasteiger partial charge < -0.3 is 9.84 Å². The van der Waals surface area contributed by atoms with Crippen LogP contribution in [0.3, 0.4) is 0 Å². The summed E-state index contributed by atoms with van der Waals surface area (Å²) in [5, 5.41) is 12.5. The molecule has 1 N–H and O–H groups in total. The van der Waals surface area contributed by atoms with Gasteiger partial charge in [0.05, 0.1) is 12.6 Å². The van der Waals surface area contributed by atoms with E-state index in [1.165, 1.54) is 4.90 Å². The monoisotopic (exact) mass is 373 g/mol. The number of aliphatic hydroxyl groups excluding tert-OH is 1. The highest BCUT2D eigenvalue weighted by molar-refractivity contribution is 6.15. The van der Waals surface area contributed by atoms with Crippen LogP contribution in [0.2, 0.25) is 0 Å². The Hall–Kier alpha value is -3.60. The van der Waals surface area contributed by atoms with E-state index < -0.39 is 23.7 Å². The third kappa shape index (κ3) is 2.81. The van der Waals surface area contributed by atoms with Gasteiger partial charge in [0.15, 0.2) is 5.76 Å². The summed E-state index contributed by atoms with van der Waals surface area (Å²) in [6, 6.07) is 21.7. The number of hydrogen-bond acceptors (Lipinski definition) is 4. The van der Waals surface area contributed by atoms with E-state index >= 15 is 0 Å². The number of fused-ring (bicyclic) bond motifs is 1. The van der Waals surface area contributed by atoms with Crippen molar-refractivity contribution in [3.8, 4) is 0 Å². The number of carbonyl (C=O) groups is 2. The van der Waals surface area contributed by atoms with Crippen LogP contribution in [0, 0.1) is 0 Å². The summed E-state index contributed by atoms with van der Waals surface area (Å²) < 4.78 is 5.16. The maximum absolute atomic E-state index is 13.0. The van der Waals surface area contributed by atoms with Crippen molar-refractivity contribution < 1.29 is 19.4 Å². The zero-order valence-electron chi connectivity index (χ0n) is 15.3. The number of hydrogen-bond donors (Lipinski definition) is 1. The Morgan fingerprint density at radius 3 is 2.43 bits per heavy atom. The standard InChI is InChI=1S/C23H19NO4/c1-2-28-23(27)19-20(18-14-8-10-15-9-6-7-13-17(15)18)24(22(26)21(19)25)16-11-4-3-5-12-16/h3-14,20,25H,2H2,1H3. The number of para-hydroxylation sites is 1. The number of ether oxygens (including phenoxy) is 1. The van der Waals surface area contributed by atoms with Crippen LogP contribution >= 0.6 is 0 Å². The zero-order valence-corrected chi connectivity index (χ0v) is 15.3. The molecule has 0 saturated carbocycles. The summed E-state index contributed by atoms with van der Waals surface area (Å²) in [7, 11) is 0. The summed E-state index contributed by atoms with van der Waals surface area (Å²) in [5.41, 5.74) is 1.31. The van der Waals surface area contributed by atoms with Gasteiger partial charge in [-0.2, -0.15) is 0 Å². The number of anilines is 1. The molecule has 1 unspecified atom stereocenters. The third-order valence-corrected chi connectivity index (χ3v) is 4.86. The fourth-order valence-electron chi connectivity index (χ4n) is 3.66. The highest BCUT2D eigenvalue weighted by atomic mass is 16.5. The lowest BCUT2D eigenvalue weighted by Gasteiger charge is -2.27. The number of carbonyl (C=O) groups excluding carboxylic acids is 2. The van der Waals surface area contributed by atoms with Gasteiger partial charge in [-0.3, -0.25) is 9.69 Å². The van der Waals surface area contributed by atoms with Gasteiger partial charge in [0, 0.05) is 5.69 Å². The number of amides is 1. The van der Waals surface area contributed by atoms with Crippen LogP contribution in [0.5, 0.6) is 0 Å². The van der Waals surface area contributed by atoms with Crippen LogP contribution < -0.4 is 4.90 Å². The van der Waals surface area contributed by atoms with E-state index in [1.807, 2.05) is 60.7 Å². The van der Waals surface area contributed by atoms with Gasteiger partial charge in [-0.15, -0.1) is 0 Å². The Kier molecular flexibility index (Phi) is 4.57. The highest BCUT2D eigenvalue weighted by Crippen LogP contribution is 2.43. The van der Waals surface area contributed by atoms with Gasteiger partial charge in [0.2, 0.25) is 0 Å². The molecule has 4 rings (SSSR count). The molecular weight excluding hydrogens is 354 g/mol. The smallest absolute Gasteiger partial charge is 0.340 e. The van der Waals surface area contributed by atoms with E-state index in [0.717, 1.165) is 16.3 Å². The van der Waals surface area contributed by atoms with Crippen molar-refractivity contribution in [3.05, 3.63) is 89.7 Å². The highest BCUT2D eigenvalue weighted by Gasteiger charge is 2.45. The zero-order chi connectivity index (χ0) is 19.7. The normalized spacial score (nSPS) is 16.7. The molecule has 1 amide bonds. The van der Waals surface area contributed by atoms with Gasteiger partial charge in [0.1, 0.15) is 5.57 Å². The maximum atomic E-state index is 13.0. The van der Waals surface area contributed by atoms with Gasteiger partial charge in [-0.25, -0.2) is 4.79 Å². The molecular formula is C23H19NO4. The molecule has 1 heterocycles. The molecule has 3 aromatic carbocycles. The van der Waals surface area contributed by atoms with Gasteiger partial charge in [-0.1, -0.05) is 60.7 Å². The fourth-order valence-corrected chi connectivity index (χ4v) is 3.66. The SMILES string of the molecule is CCOC(=O)C1=C(O)C(=O)N(c2ccccc2)C1c1cccc2ccccc12. The van der Waals surface area contributed by atoms with Crippen LogP contribution in [0.1, 0.15) is 18.5 Å². The molecule has 1 atom stereocenters. The molecule has 0 radical (unpaired) electrons. The first-order chi connectivity index (χ1) is 13.6. The summed E-state index contributed by atoms with van der Waals surface area (Å²) >= 11 is 0. The number of aliphatic hydroxyl groups is 1. The molecule has 3 aromatic rings. The Morgan fingerprint density at radius 2 is 1.68 bits per heavy atom. The van der Waals surface area contributed by atoms with Crippen LogP contribution in [-0.4, -0.2) is 23.6 Å². The number of benzene rings is 3. The van der Waals surface area contributed by atoms with E-state index in [0.29, 0.717) is 5.69 Å². The Labute approximate surface area is 162 Å². The minimum absolute atomic E-state index is 0.0351. The molecule has 28 heavy (non-hydrogen) atoms. The lowest BCUT2D eigenvalue weighted by atomic mass is 9.93. The lowest BCUT2D eigenvalue weighted by molar-refractivity contribution is -0.139. The second-order valence-electron chi connectivity index (χ2n) is 6.46. The summed E-state index contributed by atoms with van der Waals surface area (Å²) in [5.74, 6) is -1.88. The fraction of sp³-hybridized carbons (Fsp3) is 0.130. The molecule has 0 saturated heterocycles. The lowest BCUT2D eigenvalue weighted by Crippen LogP contribution is -2.31. The van der Waals surface area contributed by atoms with Crippen LogP contribution in [0.4, 0.5) is 5.69 Å². The maximum Gasteiger partial charge on any atom is 0.340 e. The van der Waals surface area contributed by atoms with E-state index in [-0.39, 0.29) is 12.2 Å². The van der Waals surface area contributed by atoms with Gasteiger partial charge in [-0.05, 0) is 35.4 Å². The molecule has 0 aliphatic carbocycles. The third-order valence-electron chi connectivity index (χ3n) is 4.86. The van der Waals surface area contributed by atoms with Crippen LogP contribution in [-0.2, 0) is 14.3 Å². The van der Waals surface area contributed by atoms with Crippen molar-refractivity contribution in [2.45, 2.75) is 13.0 Å². The summed E-state index contributed by atoms with van der Waals surface area (Å²) in [6.07, 6.45) is 0. The number of rotatable bonds is 4. The second kappa shape index (κ2) is 7.19. The van der Waals surface area contributed by atoms with Crippen molar-refractivity contribution in [2.75, 3.05) is 11.5 Å². The van der Waals surface area contributed by atoms with Crippen LogP contribution in [0.15, 0.2) is 84.1 Å². The minimum atomic E-state index is -0.778. The van der Waals surface area contributed by atoms with Crippen molar-refractivity contribution >= 4 is 28.3 Å². The largest absolute Gasteiger partial charge is 0.503 e. The first kappa shape index (κ1) is 17.8. The second-order valence-corrected chi connectivity index (χ2v) is 6.46. The van der Waals surface area contributed by atoms with Crippen molar-refractivity contribution in [1.29, 1.82) is 0 Å². The van der Waals surface area contributed by atoms with E-state index in [2.05, 4.69) is 0 Å². The topological polar surface area (TPSA) is 66.8 Å². The first-order valence-corrected chi connectivity index (χ1v) is 9.10. The first-order valence-electron chi connectivity index (χ1n) is 9.10. The quantitative estimate of drug-likeness (QED) is 0.693. The molecule has 1 aliphatic heterocycles. The molecule has 5 nitrogen and oxygen atoms in total. The van der Waals surface area contributed by atoms with E-state index in [1.54, 1.807) is 19.1 Å². The number of esters is 1. The predicted octanol–water partition coefficient (Wildman–Crippen LogP) is 4.30. The van der Waals surface area contributed by atoms with Gasteiger partial charge >= 0.3 is 5.97 Å². The van der Waals surface area contributed by atoms with E-state index in [4.69, 9.17) is 4.74 Å². The molecule has 0 spiro atoms. The predicted molar refractivity (Wildman–Crippen MR) is 107 cm³/mol. The van der Waals surface area contributed by atoms with Crippen molar-refractivity contribution in [3.63, 3.8) is 0 Å². The van der Waals surface area contributed by atoms with Crippen molar-refractivity contribution in [2.24, 2.45) is 0 Å². The van der Waals surface area contributed by atoms with Gasteiger partial charge in [0.25, 0.3) is 5.91 Å². The average Bonchev–Trinajstić information content (AvgIpc) is 2.99. The Balaban J connectivity index is 1.96. The summed E-state index contributed by atoms with van der Waals surface area (Å²) in [6.45, 7) is 1.84. The average molecular weight is 373 g/mol. The Morgan fingerprint density at radius 1 is 1.00 bits per heavy atom. The molecule has 0 aromatic heterocycles. The van der Waals surface area contributed by atoms with Crippen LogP contribution in [0.25, 0.3) is 10.8 Å². The van der Waals surface area contributed by atoms with E-state index in [9.17, 15) is 14.7 Å². The minimum Gasteiger partial charge on any atom is -0.503 e. The summed E-state index contributed by atoms with van der Waals surface area (Å²) in [4.78, 5) is 27.1. The Bertz CT molecular complexity index is 1080. The number of nitrogens with zero attached hydrogens (tertiary/aromatic N) is 1. The molecule has 0 bridgehead atoms. The molecule has 1 aliphatic rings. The molecule has 0 fully saturated rings. The molecule has 5 heteroatoms. The molecule has 140 valence electrons.